The van der Waals surface area contributed by atoms with Gasteiger partial charge >= 0.3 is 0 Å². The Balaban J connectivity index is 1.49. The van der Waals surface area contributed by atoms with Crippen molar-refractivity contribution < 1.29 is 9.59 Å². The lowest BCUT2D eigenvalue weighted by Gasteiger charge is -2.27. The summed E-state index contributed by atoms with van der Waals surface area (Å²) in [5, 5.41) is 8.23. The van der Waals surface area contributed by atoms with Crippen molar-refractivity contribution in [2.45, 2.75) is 19.5 Å². The van der Waals surface area contributed by atoms with Crippen molar-refractivity contribution in [1.29, 1.82) is 0 Å². The summed E-state index contributed by atoms with van der Waals surface area (Å²) in [5.74, 6) is 0.721. The number of nitrogens with one attached hydrogen (secondary N) is 1. The van der Waals surface area contributed by atoms with E-state index in [1.54, 1.807) is 17.0 Å². The van der Waals surface area contributed by atoms with E-state index in [-0.39, 0.29) is 11.8 Å². The normalized spacial score (nSPS) is 13.4. The zero-order valence-corrected chi connectivity index (χ0v) is 19.0. The highest BCUT2D eigenvalue weighted by Gasteiger charge is 2.26. The molecule has 166 valence electrons. The number of rotatable bonds is 7. The van der Waals surface area contributed by atoms with E-state index >= 15 is 0 Å². The summed E-state index contributed by atoms with van der Waals surface area (Å²) in [6, 6.07) is 16.8. The maximum atomic E-state index is 12.7. The smallest absolute Gasteiger partial charge is 0.251 e. The number of nitrogens with zero attached hydrogens (tertiary/aromatic N) is 4. The average molecular weight is 452 g/mol. The monoisotopic (exact) mass is 451 g/mol. The first-order chi connectivity index (χ1) is 15.4. The van der Waals surface area contributed by atoms with Crippen LogP contribution in [0, 0.1) is 0 Å². The lowest BCUT2D eigenvalue weighted by molar-refractivity contribution is -0.119. The fourth-order valence-electron chi connectivity index (χ4n) is 3.65. The fourth-order valence-corrected chi connectivity index (χ4v) is 3.84. The molecule has 1 aromatic heterocycles. The number of likely N-dealkylation sites (N-methyl/N-ethyl adjacent to an activating group) is 1. The van der Waals surface area contributed by atoms with Gasteiger partial charge in [-0.3, -0.25) is 14.5 Å². The molecule has 0 fully saturated rings. The Bertz CT molecular complexity index is 1120. The molecule has 0 saturated carbocycles. The van der Waals surface area contributed by atoms with Crippen LogP contribution >= 0.6 is 11.6 Å². The van der Waals surface area contributed by atoms with Crippen LogP contribution in [0.4, 0.5) is 5.82 Å². The first kappa shape index (κ1) is 22.0. The third-order valence-corrected chi connectivity index (χ3v) is 5.63. The van der Waals surface area contributed by atoms with Crippen LogP contribution in [0.3, 0.4) is 0 Å². The van der Waals surface area contributed by atoms with Crippen molar-refractivity contribution in [2.24, 2.45) is 0 Å². The Morgan fingerprint density at radius 2 is 1.94 bits per heavy atom. The molecule has 2 heterocycles. The third-order valence-electron chi connectivity index (χ3n) is 5.40. The number of benzene rings is 2. The topological polar surface area (TPSA) is 70.5 Å². The predicted molar refractivity (Wildman–Crippen MR) is 126 cm³/mol. The number of amides is 2. The van der Waals surface area contributed by atoms with Crippen LogP contribution in [-0.2, 0) is 17.9 Å². The summed E-state index contributed by atoms with van der Waals surface area (Å²) in [6.45, 7) is 2.35. The molecule has 0 spiro atoms. The van der Waals surface area contributed by atoms with Gasteiger partial charge in [0.1, 0.15) is 5.82 Å². The largest absolute Gasteiger partial charge is 0.351 e. The molecule has 1 aliphatic rings. The van der Waals surface area contributed by atoms with Crippen LogP contribution in [-0.4, -0.2) is 53.7 Å². The van der Waals surface area contributed by atoms with Crippen molar-refractivity contribution in [1.82, 2.24) is 20.0 Å². The van der Waals surface area contributed by atoms with E-state index in [1.807, 2.05) is 66.1 Å². The second-order valence-electron chi connectivity index (χ2n) is 8.11. The molecule has 4 rings (SSSR count). The summed E-state index contributed by atoms with van der Waals surface area (Å²) >= 11 is 6.13. The summed E-state index contributed by atoms with van der Waals surface area (Å²) in [4.78, 5) is 28.8. The average Bonchev–Trinajstić information content (AvgIpc) is 3.21. The number of aryl methyl sites for hydroxylation is 1. The van der Waals surface area contributed by atoms with E-state index in [0.717, 1.165) is 29.2 Å². The van der Waals surface area contributed by atoms with Crippen molar-refractivity contribution in [3.8, 4) is 11.3 Å². The number of anilines is 1. The zero-order chi connectivity index (χ0) is 22.7. The van der Waals surface area contributed by atoms with Gasteiger partial charge in [0.25, 0.3) is 5.91 Å². The highest BCUT2D eigenvalue weighted by molar-refractivity contribution is 6.30. The van der Waals surface area contributed by atoms with E-state index in [2.05, 4.69) is 10.4 Å². The van der Waals surface area contributed by atoms with Gasteiger partial charge in [-0.15, -0.1) is 0 Å². The minimum atomic E-state index is -0.100. The lowest BCUT2D eigenvalue weighted by atomic mass is 10.1. The van der Waals surface area contributed by atoms with Gasteiger partial charge in [-0.25, -0.2) is 4.68 Å². The van der Waals surface area contributed by atoms with Crippen molar-refractivity contribution in [3.63, 3.8) is 0 Å². The molecule has 7 nitrogen and oxygen atoms in total. The minimum absolute atomic E-state index is 0.0561. The molecular weight excluding hydrogens is 426 g/mol. The van der Waals surface area contributed by atoms with Gasteiger partial charge < -0.3 is 10.2 Å². The highest BCUT2D eigenvalue weighted by atomic mass is 35.5. The fraction of sp³-hybridized carbons (Fsp3) is 0.292. The molecule has 0 radical (unpaired) electrons. The van der Waals surface area contributed by atoms with Crippen LogP contribution in [0.1, 0.15) is 22.3 Å². The van der Waals surface area contributed by atoms with Gasteiger partial charge in [-0.2, -0.15) is 5.10 Å². The van der Waals surface area contributed by atoms with Crippen molar-refractivity contribution in [3.05, 3.63) is 70.7 Å². The van der Waals surface area contributed by atoms with Crippen molar-refractivity contribution in [2.75, 3.05) is 32.1 Å². The first-order valence-corrected chi connectivity index (χ1v) is 10.9. The molecule has 32 heavy (non-hydrogen) atoms. The molecule has 0 aliphatic carbocycles. The highest BCUT2D eigenvalue weighted by Crippen LogP contribution is 2.30. The van der Waals surface area contributed by atoms with Gasteiger partial charge in [-0.1, -0.05) is 35.9 Å². The Morgan fingerprint density at radius 1 is 1.16 bits per heavy atom. The molecule has 3 aromatic rings. The van der Waals surface area contributed by atoms with Gasteiger partial charge in [0.2, 0.25) is 5.91 Å². The maximum Gasteiger partial charge on any atom is 0.251 e. The van der Waals surface area contributed by atoms with E-state index in [9.17, 15) is 9.59 Å². The van der Waals surface area contributed by atoms with Crippen LogP contribution in [0.15, 0.2) is 54.6 Å². The number of hydrogen-bond acceptors (Lipinski definition) is 4. The molecule has 2 aromatic carbocycles. The number of aromatic nitrogens is 2. The van der Waals surface area contributed by atoms with Crippen LogP contribution in [0.5, 0.6) is 0 Å². The SMILES string of the molecule is CN(C)CCNC(=O)c1ccc(CN2C(=O)CCn3nc(-c4cccc(Cl)c4)cc32)cc1. The zero-order valence-electron chi connectivity index (χ0n) is 18.2. The summed E-state index contributed by atoms with van der Waals surface area (Å²) in [7, 11) is 3.93. The molecule has 0 bridgehead atoms. The molecule has 1 N–H and O–H groups in total. The van der Waals surface area contributed by atoms with Crippen LogP contribution in [0.25, 0.3) is 11.3 Å². The summed E-state index contributed by atoms with van der Waals surface area (Å²) < 4.78 is 1.87. The van der Waals surface area contributed by atoms with Gasteiger partial charge in [0.05, 0.1) is 18.8 Å². The van der Waals surface area contributed by atoms with E-state index in [1.165, 1.54) is 0 Å². The Hall–Kier alpha value is -3.16. The number of carbonyl (C=O) groups excluding carboxylic acids is 2. The number of halogens is 1. The maximum absolute atomic E-state index is 12.7. The second-order valence-corrected chi connectivity index (χ2v) is 8.54. The Labute approximate surface area is 192 Å². The molecular formula is C24H26ClN5O2. The predicted octanol–water partition coefficient (Wildman–Crippen LogP) is 3.43. The number of fused-ring (bicyclic) bond motifs is 1. The molecule has 0 unspecified atom stereocenters. The second kappa shape index (κ2) is 9.54. The van der Waals surface area contributed by atoms with E-state index in [0.29, 0.717) is 36.6 Å². The summed E-state index contributed by atoms with van der Waals surface area (Å²) in [5.41, 5.74) is 3.25. The molecule has 0 atom stereocenters. The van der Waals surface area contributed by atoms with Gasteiger partial charge in [0.15, 0.2) is 0 Å². The van der Waals surface area contributed by atoms with Crippen molar-refractivity contribution >= 4 is 29.2 Å². The van der Waals surface area contributed by atoms with E-state index in [4.69, 9.17) is 11.6 Å². The Morgan fingerprint density at radius 3 is 2.66 bits per heavy atom. The third kappa shape index (κ3) is 5.00. The van der Waals surface area contributed by atoms with E-state index < -0.39 is 0 Å². The number of hydrogen-bond donors (Lipinski definition) is 1. The molecule has 1 aliphatic heterocycles. The quantitative estimate of drug-likeness (QED) is 0.597. The molecule has 0 saturated heterocycles. The summed E-state index contributed by atoms with van der Waals surface area (Å²) in [6.07, 6.45) is 0.399. The van der Waals surface area contributed by atoms with Crippen LogP contribution in [0.2, 0.25) is 5.02 Å². The standard InChI is InChI=1S/C24H26ClN5O2/c1-28(2)13-11-26-24(32)18-8-6-17(7-9-18)16-29-22-15-21(19-4-3-5-20(25)14-19)27-30(22)12-10-23(29)31/h3-9,14-15H,10-13,16H2,1-2H3,(H,26,32). The Kier molecular flexibility index (Phi) is 6.58. The molecule has 8 heteroatoms. The van der Waals surface area contributed by atoms with Crippen LogP contribution < -0.4 is 10.2 Å². The first-order valence-electron chi connectivity index (χ1n) is 10.6. The lowest BCUT2D eigenvalue weighted by Crippen LogP contribution is -2.37. The van der Waals surface area contributed by atoms with Gasteiger partial charge in [-0.05, 0) is 43.9 Å². The minimum Gasteiger partial charge on any atom is -0.351 e. The van der Waals surface area contributed by atoms with Gasteiger partial charge in [0, 0.05) is 41.7 Å². The molecule has 2 amide bonds. The number of carbonyl (C=O) groups is 2.